The van der Waals surface area contributed by atoms with Crippen molar-refractivity contribution in [3.05, 3.63) is 24.0 Å². The second-order valence-corrected chi connectivity index (χ2v) is 32.7. The Morgan fingerprint density at radius 1 is 0.757 bits per heavy atom. The Balaban J connectivity index is 2.53. The fourth-order valence-corrected chi connectivity index (χ4v) is 25.8. The first-order valence-corrected chi connectivity index (χ1v) is 28.6. The van der Waals surface area contributed by atoms with Crippen LogP contribution in [-0.4, -0.2) is 64.0 Å². The van der Waals surface area contributed by atoms with Crippen LogP contribution in [0, 0.1) is 5.82 Å². The van der Waals surface area contributed by atoms with Crippen molar-refractivity contribution in [2.75, 3.05) is 6.61 Å². The van der Waals surface area contributed by atoms with Crippen LogP contribution < -0.4 is 4.74 Å². The van der Waals surface area contributed by atoms with Crippen molar-refractivity contribution in [2.24, 2.45) is 0 Å². The quantitative estimate of drug-likeness (QED) is 0.136. The maximum absolute atomic E-state index is 13.5. The van der Waals surface area contributed by atoms with Gasteiger partial charge in [0, 0.05) is 6.07 Å². The lowest BCUT2D eigenvalue weighted by Gasteiger charge is -2.40. The van der Waals surface area contributed by atoms with Crippen molar-refractivity contribution < 1.29 is 34.8 Å². The number of phenolic OH excluding ortho intramolecular Hbond substituents is 1. The predicted octanol–water partition coefficient (Wildman–Crippen LogP) is 7.23. The molecule has 0 aromatic heterocycles. The van der Waals surface area contributed by atoms with Crippen LogP contribution >= 0.6 is 0 Å². The van der Waals surface area contributed by atoms with Crippen molar-refractivity contribution in [3.63, 3.8) is 0 Å². The zero-order valence-corrected chi connectivity index (χ0v) is 30.7. The number of phenols is 1. The summed E-state index contributed by atoms with van der Waals surface area (Å²) >= 11 is 0. The molecule has 0 fully saturated rings. The molecule has 1 rings (SSSR count). The summed E-state index contributed by atoms with van der Waals surface area (Å²) in [6.45, 7) is 23.9. The van der Waals surface area contributed by atoms with Crippen LogP contribution in [0.4, 0.5) is 4.39 Å². The highest BCUT2D eigenvalue weighted by Crippen LogP contribution is 2.27. The van der Waals surface area contributed by atoms with E-state index in [2.05, 4.69) is 72.4 Å². The molecule has 0 bridgehead atoms. The fourth-order valence-electron chi connectivity index (χ4n) is 4.12. The summed E-state index contributed by atoms with van der Waals surface area (Å²) in [5, 5.41) is 9.30. The van der Waals surface area contributed by atoms with E-state index >= 15 is 0 Å². The first-order chi connectivity index (χ1) is 16.8. The highest BCUT2D eigenvalue weighted by Gasteiger charge is 2.44. The van der Waals surface area contributed by atoms with Crippen molar-refractivity contribution in [1.29, 1.82) is 0 Å². The van der Waals surface area contributed by atoms with Gasteiger partial charge in [-0.2, -0.15) is 0 Å². The molecule has 0 aliphatic heterocycles. The average Bonchev–Trinajstić information content (AvgIpc) is 2.69. The lowest BCUT2D eigenvalue weighted by molar-refractivity contribution is 0.291. The minimum atomic E-state index is -2.51. The second-order valence-electron chi connectivity index (χ2n) is 12.0. The number of ether oxygens (including phenoxy) is 1. The number of aromatic hydroxyl groups is 1. The van der Waals surface area contributed by atoms with Gasteiger partial charge in [-0.1, -0.05) is 19.8 Å². The molecule has 7 nitrogen and oxygen atoms in total. The Labute approximate surface area is 232 Å². The van der Waals surface area contributed by atoms with Crippen molar-refractivity contribution in [1.82, 2.24) is 0 Å². The minimum absolute atomic E-state index is 0.00593. The SMILES string of the molecule is CCCC[Si](C)(C)O[Si]O[Si](C)(C)O[Si](C)(C)O[Si](C)(C)O[Si](C)(C)CCCOc1ccc(O)c(F)c1. The Morgan fingerprint density at radius 2 is 1.32 bits per heavy atom. The van der Waals surface area contributed by atoms with E-state index in [0.717, 1.165) is 18.5 Å². The summed E-state index contributed by atoms with van der Waals surface area (Å²) in [6.07, 6.45) is 3.16. The largest absolute Gasteiger partial charge is 0.505 e. The molecular weight excluding hydrogens is 576 g/mol. The van der Waals surface area contributed by atoms with Gasteiger partial charge in [0.15, 0.2) is 28.2 Å². The highest BCUT2D eigenvalue weighted by atomic mass is 28.5. The second kappa shape index (κ2) is 14.5. The van der Waals surface area contributed by atoms with E-state index in [0.29, 0.717) is 12.4 Å². The molecule has 0 atom stereocenters. The zero-order valence-electron chi connectivity index (χ0n) is 24.7. The smallest absolute Gasteiger partial charge is 0.411 e. The van der Waals surface area contributed by atoms with Gasteiger partial charge in [0.1, 0.15) is 5.75 Å². The summed E-state index contributed by atoms with van der Waals surface area (Å²) in [7, 11) is -11.1. The number of hydrogen-bond acceptors (Lipinski definition) is 7. The summed E-state index contributed by atoms with van der Waals surface area (Å²) in [4.78, 5) is 0. The molecule has 0 unspecified atom stereocenters. The van der Waals surface area contributed by atoms with Crippen molar-refractivity contribution in [3.8, 4) is 11.5 Å². The van der Waals surface area contributed by atoms with E-state index in [1.165, 1.54) is 25.0 Å². The molecular formula is C23H49FO7Si6. The molecule has 2 radical (unpaired) electrons. The molecule has 0 spiro atoms. The molecule has 37 heavy (non-hydrogen) atoms. The van der Waals surface area contributed by atoms with Gasteiger partial charge in [-0.25, -0.2) is 4.39 Å². The van der Waals surface area contributed by atoms with Crippen LogP contribution in [0.2, 0.25) is 77.6 Å². The third kappa shape index (κ3) is 15.3. The maximum atomic E-state index is 13.5. The lowest BCUT2D eigenvalue weighted by Crippen LogP contribution is -2.57. The van der Waals surface area contributed by atoms with Crippen LogP contribution in [0.3, 0.4) is 0 Å². The van der Waals surface area contributed by atoms with Gasteiger partial charge in [0.05, 0.1) is 6.61 Å². The van der Waals surface area contributed by atoms with Crippen molar-refractivity contribution >= 4 is 52.3 Å². The molecule has 1 N–H and O–H groups in total. The Bertz CT molecular complexity index is 840. The Kier molecular flexibility index (Phi) is 13.6. The molecule has 0 saturated heterocycles. The monoisotopic (exact) mass is 624 g/mol. The van der Waals surface area contributed by atoms with E-state index in [1.54, 1.807) is 6.07 Å². The van der Waals surface area contributed by atoms with E-state index in [4.69, 9.17) is 25.3 Å². The zero-order chi connectivity index (χ0) is 28.5. The summed E-state index contributed by atoms with van der Waals surface area (Å²) in [5.41, 5.74) is 0. The fraction of sp³-hybridized carbons (Fsp3) is 0.739. The number of unbranched alkanes of at least 4 members (excludes halogenated alkanes) is 1. The normalized spacial score (nSPS) is 13.7. The molecule has 1 aromatic carbocycles. The van der Waals surface area contributed by atoms with E-state index in [-0.39, 0.29) is 15.8 Å². The summed E-state index contributed by atoms with van der Waals surface area (Å²) in [5.74, 6) is -0.654. The molecule has 214 valence electrons. The van der Waals surface area contributed by atoms with Gasteiger partial charge in [-0.3, -0.25) is 0 Å². The van der Waals surface area contributed by atoms with Crippen LogP contribution in [0.5, 0.6) is 11.5 Å². The van der Waals surface area contributed by atoms with Crippen LogP contribution in [-0.2, 0) is 20.6 Å². The van der Waals surface area contributed by atoms with Crippen molar-refractivity contribution in [2.45, 2.75) is 104 Å². The van der Waals surface area contributed by atoms with Crippen LogP contribution in [0.25, 0.3) is 0 Å². The maximum Gasteiger partial charge on any atom is 0.411 e. The van der Waals surface area contributed by atoms with E-state index < -0.39 is 48.1 Å². The Hall–Kier alpha value is -0.149. The number of rotatable bonds is 18. The topological polar surface area (TPSA) is 75.6 Å². The third-order valence-corrected chi connectivity index (χ3v) is 25.4. The minimum Gasteiger partial charge on any atom is -0.505 e. The van der Waals surface area contributed by atoms with Gasteiger partial charge in [-0.15, -0.1) is 0 Å². The lowest BCUT2D eigenvalue weighted by atomic mass is 10.3. The molecule has 0 amide bonds. The highest BCUT2D eigenvalue weighted by molar-refractivity contribution is 6.89. The van der Waals surface area contributed by atoms with Gasteiger partial charge in [0.2, 0.25) is 0 Å². The molecule has 14 heteroatoms. The third-order valence-electron chi connectivity index (χ3n) is 5.35. The molecule has 0 saturated carbocycles. The average molecular weight is 625 g/mol. The first-order valence-electron chi connectivity index (χ1n) is 13.1. The first kappa shape index (κ1) is 34.9. The number of hydrogen-bond donors (Lipinski definition) is 1. The molecule has 0 aliphatic rings. The van der Waals surface area contributed by atoms with Gasteiger partial charge >= 0.3 is 35.7 Å². The van der Waals surface area contributed by atoms with Gasteiger partial charge in [0.25, 0.3) is 0 Å². The standard InChI is InChI=1S/C23H49FO7Si6/c1-12-13-18-33(2,3)27-32-28-35(6,7)30-37(10,11)31-36(8,9)29-34(4,5)19-14-17-26-21-15-16-23(25)22(24)20-21/h15-16,20,25H,12-14,17-19H2,1-11H3. The molecule has 1 aromatic rings. The molecule has 0 aliphatic carbocycles. The van der Waals surface area contributed by atoms with E-state index in [1.807, 2.05) is 0 Å². The van der Waals surface area contributed by atoms with Gasteiger partial charge < -0.3 is 30.4 Å². The summed E-state index contributed by atoms with van der Waals surface area (Å²) in [6, 6.07) is 6.08. The molecule has 0 heterocycles. The number of benzene rings is 1. The van der Waals surface area contributed by atoms with Crippen LogP contribution in [0.15, 0.2) is 18.2 Å². The number of halogens is 1. The summed E-state index contributed by atoms with van der Waals surface area (Å²) < 4.78 is 51.2. The van der Waals surface area contributed by atoms with Crippen LogP contribution in [0.1, 0.15) is 26.2 Å². The predicted molar refractivity (Wildman–Crippen MR) is 161 cm³/mol. The van der Waals surface area contributed by atoms with E-state index in [9.17, 15) is 9.50 Å². The Morgan fingerprint density at radius 3 is 1.92 bits per heavy atom. The van der Waals surface area contributed by atoms with Gasteiger partial charge in [-0.05, 0) is 96.1 Å².